The number of hydrogen-bond acceptors (Lipinski definition) is 7. The number of benzene rings is 3. The zero-order valence-electron chi connectivity index (χ0n) is 29.0. The molecular formula is C40H38F5N5O3. The Morgan fingerprint density at radius 1 is 1.00 bits per heavy atom. The van der Waals surface area contributed by atoms with E-state index in [1.165, 1.54) is 37.8 Å². The van der Waals surface area contributed by atoms with E-state index in [2.05, 4.69) is 20.8 Å². The van der Waals surface area contributed by atoms with Crippen LogP contribution in [0, 0.1) is 34.8 Å². The SMILES string of the molecule is C#Cc1cccc2cc(O)cc(-c3c(F)cc4c(N5CC6CCC(C5)N6C(=O)C(F)(F)F)nc(OCC5(CN6CCC7(CC6)CC7)CC5)nc4c3F)c12. The molecule has 53 heavy (non-hydrogen) atoms. The number of piperazine rings is 1. The minimum absolute atomic E-state index is 0.0104. The van der Waals surface area contributed by atoms with Crippen LogP contribution in [-0.2, 0) is 4.79 Å². The molecule has 4 aromatic rings. The van der Waals surface area contributed by atoms with Crippen molar-refractivity contribution in [2.45, 2.75) is 69.6 Å². The summed E-state index contributed by atoms with van der Waals surface area (Å²) in [5.74, 6) is -1.41. The number of fused-ring (bicyclic) bond motifs is 4. The first-order valence-electron chi connectivity index (χ1n) is 18.3. The Hall–Kier alpha value is -4.70. The second-order valence-corrected chi connectivity index (χ2v) is 15.9. The molecule has 3 aliphatic heterocycles. The van der Waals surface area contributed by atoms with Gasteiger partial charge in [-0.2, -0.15) is 23.1 Å². The summed E-state index contributed by atoms with van der Waals surface area (Å²) in [6, 6.07) is 7.19. The number of halogens is 5. The van der Waals surface area contributed by atoms with E-state index in [9.17, 15) is 23.1 Å². The van der Waals surface area contributed by atoms with E-state index in [1.54, 1.807) is 23.1 Å². The van der Waals surface area contributed by atoms with Gasteiger partial charge in [0, 0.05) is 46.9 Å². The second-order valence-electron chi connectivity index (χ2n) is 15.9. The van der Waals surface area contributed by atoms with Gasteiger partial charge >= 0.3 is 18.1 Å². The molecule has 13 heteroatoms. The van der Waals surface area contributed by atoms with Gasteiger partial charge in [0.2, 0.25) is 0 Å². The van der Waals surface area contributed by atoms with Crippen molar-refractivity contribution in [3.05, 3.63) is 53.6 Å². The fourth-order valence-electron chi connectivity index (χ4n) is 9.07. The maximum Gasteiger partial charge on any atom is 0.471 e. The molecule has 1 aromatic heterocycles. The number of terminal acetylenes is 1. The van der Waals surface area contributed by atoms with Gasteiger partial charge in [0.05, 0.1) is 24.3 Å². The normalized spacial score (nSPS) is 23.1. The molecule has 2 bridgehead atoms. The highest BCUT2D eigenvalue weighted by atomic mass is 19.4. The number of piperidine rings is 1. The van der Waals surface area contributed by atoms with Crippen molar-refractivity contribution in [3.8, 4) is 35.2 Å². The second kappa shape index (κ2) is 12.2. The van der Waals surface area contributed by atoms with Gasteiger partial charge in [-0.1, -0.05) is 18.1 Å². The highest BCUT2D eigenvalue weighted by molar-refractivity contribution is 6.04. The predicted octanol–water partition coefficient (Wildman–Crippen LogP) is 7.19. The van der Waals surface area contributed by atoms with Crippen LogP contribution in [0.15, 0.2) is 36.4 Å². The molecule has 2 aliphatic carbocycles. The number of ether oxygens (including phenoxy) is 1. The van der Waals surface area contributed by atoms with E-state index in [1.807, 2.05) is 0 Å². The number of amides is 1. The highest BCUT2D eigenvalue weighted by Crippen LogP contribution is 2.55. The number of aromatic nitrogens is 2. The molecule has 9 rings (SSSR count). The third-order valence-corrected chi connectivity index (χ3v) is 12.4. The molecule has 3 saturated heterocycles. The maximum atomic E-state index is 17.0. The van der Waals surface area contributed by atoms with E-state index in [4.69, 9.17) is 11.2 Å². The van der Waals surface area contributed by atoms with Gasteiger partial charge in [-0.05, 0) is 99.5 Å². The molecule has 1 amide bonds. The van der Waals surface area contributed by atoms with Crippen LogP contribution in [0.2, 0.25) is 0 Å². The third kappa shape index (κ3) is 5.99. The van der Waals surface area contributed by atoms with Crippen molar-refractivity contribution in [2.24, 2.45) is 10.8 Å². The lowest BCUT2D eigenvalue weighted by Crippen LogP contribution is -2.59. The van der Waals surface area contributed by atoms with Crippen LogP contribution >= 0.6 is 0 Å². The molecule has 2 unspecified atom stereocenters. The van der Waals surface area contributed by atoms with Gasteiger partial charge < -0.3 is 24.5 Å². The number of carbonyl (C=O) groups excluding carboxylic acids is 1. The van der Waals surface area contributed by atoms with Crippen LogP contribution in [0.1, 0.15) is 56.9 Å². The first-order valence-corrected chi connectivity index (χ1v) is 18.3. The summed E-state index contributed by atoms with van der Waals surface area (Å²) in [7, 11) is 0. The van der Waals surface area contributed by atoms with Crippen molar-refractivity contribution in [1.29, 1.82) is 0 Å². The van der Waals surface area contributed by atoms with E-state index >= 15 is 8.78 Å². The van der Waals surface area contributed by atoms with Gasteiger partial charge in [0.25, 0.3) is 0 Å². The monoisotopic (exact) mass is 731 g/mol. The third-order valence-electron chi connectivity index (χ3n) is 12.4. The number of aromatic hydroxyl groups is 1. The molecule has 1 spiro atoms. The smallest absolute Gasteiger partial charge is 0.471 e. The molecule has 2 atom stereocenters. The van der Waals surface area contributed by atoms with Gasteiger partial charge in [0.1, 0.15) is 22.9 Å². The number of carbonyl (C=O) groups is 1. The zero-order chi connectivity index (χ0) is 36.9. The van der Waals surface area contributed by atoms with Gasteiger partial charge in [-0.25, -0.2) is 8.78 Å². The Morgan fingerprint density at radius 3 is 2.36 bits per heavy atom. The number of hydrogen-bond donors (Lipinski definition) is 1. The Balaban J connectivity index is 1.11. The van der Waals surface area contributed by atoms with Crippen molar-refractivity contribution in [3.63, 3.8) is 0 Å². The van der Waals surface area contributed by atoms with Crippen LogP contribution < -0.4 is 9.64 Å². The van der Waals surface area contributed by atoms with E-state index in [0.29, 0.717) is 34.6 Å². The number of anilines is 1. The number of rotatable bonds is 7. The zero-order valence-corrected chi connectivity index (χ0v) is 29.0. The molecule has 5 fully saturated rings. The summed E-state index contributed by atoms with van der Waals surface area (Å²) >= 11 is 0. The van der Waals surface area contributed by atoms with E-state index < -0.39 is 41.4 Å². The van der Waals surface area contributed by atoms with Crippen molar-refractivity contribution < 1.29 is 36.6 Å². The summed E-state index contributed by atoms with van der Waals surface area (Å²) in [5.41, 5.74) is 0.175. The lowest BCUT2D eigenvalue weighted by atomic mass is 9.93. The van der Waals surface area contributed by atoms with Crippen molar-refractivity contribution >= 4 is 33.4 Å². The Bertz CT molecular complexity index is 2190. The maximum absolute atomic E-state index is 17.0. The Morgan fingerprint density at radius 2 is 1.72 bits per heavy atom. The highest BCUT2D eigenvalue weighted by Gasteiger charge is 2.52. The average molecular weight is 732 g/mol. The quantitative estimate of drug-likeness (QED) is 0.159. The van der Waals surface area contributed by atoms with E-state index in [0.717, 1.165) is 43.4 Å². The lowest BCUT2D eigenvalue weighted by Gasteiger charge is -2.42. The first-order chi connectivity index (χ1) is 25.4. The van der Waals surface area contributed by atoms with Crippen LogP contribution in [0.25, 0.3) is 32.8 Å². The minimum Gasteiger partial charge on any atom is -0.508 e. The topological polar surface area (TPSA) is 82.0 Å². The number of phenolic OH excluding ortho intramolecular Hbond substituents is 1. The van der Waals surface area contributed by atoms with Crippen LogP contribution in [0.4, 0.5) is 27.8 Å². The number of phenols is 1. The molecular weight excluding hydrogens is 693 g/mol. The molecule has 5 aliphatic rings. The number of nitrogens with zero attached hydrogens (tertiary/aromatic N) is 5. The van der Waals surface area contributed by atoms with Crippen molar-refractivity contribution in [2.75, 3.05) is 44.2 Å². The van der Waals surface area contributed by atoms with Gasteiger partial charge in [-0.15, -0.1) is 6.42 Å². The van der Waals surface area contributed by atoms with E-state index in [-0.39, 0.29) is 59.2 Å². The van der Waals surface area contributed by atoms with Gasteiger partial charge in [0.15, 0.2) is 5.82 Å². The summed E-state index contributed by atoms with van der Waals surface area (Å²) in [6.45, 7) is 3.23. The number of alkyl halides is 3. The Kier molecular flexibility index (Phi) is 7.82. The fourth-order valence-corrected chi connectivity index (χ4v) is 9.07. The largest absolute Gasteiger partial charge is 0.508 e. The van der Waals surface area contributed by atoms with Gasteiger partial charge in [-0.3, -0.25) is 4.79 Å². The molecule has 2 saturated carbocycles. The molecule has 0 radical (unpaired) electrons. The average Bonchev–Trinajstić information content (AvgIpc) is 4.05. The number of likely N-dealkylation sites (tertiary alicyclic amines) is 1. The minimum atomic E-state index is -5.02. The standard InChI is InChI=1S/C40H38F5N5O3/c1-2-23-4-3-5-24-16-27(51)17-28(31(23)24)32-30(41)18-29-34(33(32)42)46-37(53-22-39(10-11-39)21-48-14-12-38(8-9-38)13-15-48)47-35(29)49-19-25-6-7-26(20-49)50(25)36(52)40(43,44)45/h1,3-5,16-18,25-26,51H,6-15,19-22H2. The molecule has 1 N–H and O–H groups in total. The van der Waals surface area contributed by atoms with Crippen LogP contribution in [0.5, 0.6) is 11.8 Å². The first kappa shape index (κ1) is 34.1. The predicted molar refractivity (Wildman–Crippen MR) is 188 cm³/mol. The van der Waals surface area contributed by atoms with Crippen LogP contribution in [0.3, 0.4) is 0 Å². The summed E-state index contributed by atoms with van der Waals surface area (Å²) in [6.07, 6.45) is 8.44. The van der Waals surface area contributed by atoms with Crippen molar-refractivity contribution in [1.82, 2.24) is 19.8 Å². The molecule has 3 aromatic carbocycles. The summed E-state index contributed by atoms with van der Waals surface area (Å²) < 4.78 is 80.4. The van der Waals surface area contributed by atoms with Crippen LogP contribution in [-0.4, -0.2) is 88.4 Å². The lowest BCUT2D eigenvalue weighted by molar-refractivity contribution is -0.188. The molecule has 8 nitrogen and oxygen atoms in total. The summed E-state index contributed by atoms with van der Waals surface area (Å²) in [4.78, 5) is 26.6. The fraction of sp³-hybridized carbons (Fsp3) is 0.475. The summed E-state index contributed by atoms with van der Waals surface area (Å²) in [5, 5.41) is 11.5. The Labute approximate surface area is 302 Å². The molecule has 4 heterocycles. The molecule has 276 valence electrons.